The van der Waals surface area contributed by atoms with Crippen molar-refractivity contribution in [2.75, 3.05) is 13.1 Å². The first-order valence-electron chi connectivity index (χ1n) is 8.99. The van der Waals surface area contributed by atoms with Crippen LogP contribution in [0.4, 0.5) is 8.78 Å². The molecule has 1 aromatic carbocycles. The van der Waals surface area contributed by atoms with Crippen molar-refractivity contribution in [1.29, 1.82) is 0 Å². The molecular weight excluding hydrogens is 310 g/mol. The van der Waals surface area contributed by atoms with Crippen LogP contribution >= 0.6 is 0 Å². The molecule has 2 aliphatic rings. The van der Waals surface area contributed by atoms with E-state index in [1.165, 1.54) is 12.1 Å². The Morgan fingerprint density at radius 3 is 2.67 bits per heavy atom. The molecule has 1 amide bonds. The van der Waals surface area contributed by atoms with Gasteiger partial charge in [-0.1, -0.05) is 19.4 Å². The van der Waals surface area contributed by atoms with Crippen LogP contribution in [0.1, 0.15) is 51.1 Å². The lowest BCUT2D eigenvalue weighted by atomic mass is 9.88. The molecule has 5 heteroatoms. The molecule has 1 N–H and O–H groups in total. The van der Waals surface area contributed by atoms with Gasteiger partial charge in [-0.05, 0) is 49.8 Å². The summed E-state index contributed by atoms with van der Waals surface area (Å²) < 4.78 is 26.5. The highest BCUT2D eigenvalue weighted by atomic mass is 19.2. The minimum Gasteiger partial charge on any atom is -0.342 e. The molecular formula is C19H26F2N2O. The van der Waals surface area contributed by atoms with Gasteiger partial charge in [0, 0.05) is 31.1 Å². The van der Waals surface area contributed by atoms with E-state index in [1.807, 2.05) is 11.8 Å². The van der Waals surface area contributed by atoms with Crippen LogP contribution in [0.2, 0.25) is 0 Å². The minimum absolute atomic E-state index is 0.0511. The summed E-state index contributed by atoms with van der Waals surface area (Å²) in [5.41, 5.74) is 0.750. The largest absolute Gasteiger partial charge is 0.342 e. The fraction of sp³-hybridized carbons (Fsp3) is 0.632. The Hall–Kier alpha value is -1.49. The summed E-state index contributed by atoms with van der Waals surface area (Å²) in [6.45, 7) is 5.70. The summed E-state index contributed by atoms with van der Waals surface area (Å²) in [6, 6.07) is 4.31. The molecule has 1 aliphatic carbocycles. The number of amides is 1. The molecule has 132 valence electrons. The van der Waals surface area contributed by atoms with Crippen LogP contribution in [-0.4, -0.2) is 29.9 Å². The maximum Gasteiger partial charge on any atom is 0.225 e. The van der Waals surface area contributed by atoms with E-state index in [0.717, 1.165) is 44.3 Å². The topological polar surface area (TPSA) is 32.3 Å². The van der Waals surface area contributed by atoms with Crippen molar-refractivity contribution in [3.8, 4) is 0 Å². The van der Waals surface area contributed by atoms with Crippen molar-refractivity contribution < 1.29 is 13.6 Å². The lowest BCUT2D eigenvalue weighted by Crippen LogP contribution is -2.51. The van der Waals surface area contributed by atoms with Crippen LogP contribution in [0.15, 0.2) is 18.2 Å². The van der Waals surface area contributed by atoms with Crippen molar-refractivity contribution in [3.63, 3.8) is 0 Å². The van der Waals surface area contributed by atoms with E-state index in [4.69, 9.17) is 0 Å². The third kappa shape index (κ3) is 3.77. The molecule has 1 aromatic rings. The van der Waals surface area contributed by atoms with Crippen LogP contribution in [0, 0.1) is 23.5 Å². The van der Waals surface area contributed by atoms with E-state index in [1.54, 1.807) is 6.07 Å². The van der Waals surface area contributed by atoms with Gasteiger partial charge in [-0.2, -0.15) is 0 Å². The number of carbonyl (C=O) groups excluding carboxylic acids is 1. The molecule has 3 nitrogen and oxygen atoms in total. The second-order valence-corrected chi connectivity index (χ2v) is 7.18. The van der Waals surface area contributed by atoms with Gasteiger partial charge < -0.3 is 10.2 Å². The third-order valence-electron chi connectivity index (χ3n) is 5.40. The average Bonchev–Trinajstić information content (AvgIpc) is 3.42. The van der Waals surface area contributed by atoms with Crippen LogP contribution in [0.25, 0.3) is 0 Å². The van der Waals surface area contributed by atoms with Crippen molar-refractivity contribution in [3.05, 3.63) is 35.4 Å². The number of nitrogens with zero attached hydrogens (tertiary/aromatic N) is 1. The Labute approximate surface area is 142 Å². The zero-order valence-electron chi connectivity index (χ0n) is 14.4. The molecule has 1 aliphatic heterocycles. The monoisotopic (exact) mass is 336 g/mol. The van der Waals surface area contributed by atoms with E-state index in [0.29, 0.717) is 17.9 Å². The van der Waals surface area contributed by atoms with E-state index < -0.39 is 11.6 Å². The lowest BCUT2D eigenvalue weighted by Gasteiger charge is -2.40. The summed E-state index contributed by atoms with van der Waals surface area (Å²) in [7, 11) is 0. The molecule has 24 heavy (non-hydrogen) atoms. The number of halogens is 2. The molecule has 0 aromatic heterocycles. The van der Waals surface area contributed by atoms with Crippen LogP contribution in [0.3, 0.4) is 0 Å². The number of hydrogen-bond acceptors (Lipinski definition) is 2. The Morgan fingerprint density at radius 2 is 2.04 bits per heavy atom. The number of benzene rings is 1. The first kappa shape index (κ1) is 17.3. The number of likely N-dealkylation sites (tertiary alicyclic amines) is 1. The first-order valence-corrected chi connectivity index (χ1v) is 8.99. The fourth-order valence-corrected chi connectivity index (χ4v) is 3.65. The average molecular weight is 336 g/mol. The lowest BCUT2D eigenvalue weighted by molar-refractivity contribution is -0.134. The summed E-state index contributed by atoms with van der Waals surface area (Å²) in [4.78, 5) is 14.3. The highest BCUT2D eigenvalue weighted by molar-refractivity contribution is 5.81. The molecule has 3 rings (SSSR count). The Balaban J connectivity index is 1.61. The second kappa shape index (κ2) is 7.18. The number of hydrogen-bond donors (Lipinski definition) is 1. The van der Waals surface area contributed by atoms with E-state index in [2.05, 4.69) is 12.2 Å². The number of piperidine rings is 1. The summed E-state index contributed by atoms with van der Waals surface area (Å²) >= 11 is 0. The zero-order chi connectivity index (χ0) is 17.3. The maximum absolute atomic E-state index is 13.4. The predicted octanol–water partition coefficient (Wildman–Crippen LogP) is 3.65. The van der Waals surface area contributed by atoms with Gasteiger partial charge in [-0.3, -0.25) is 4.79 Å². The fourth-order valence-electron chi connectivity index (χ4n) is 3.65. The van der Waals surface area contributed by atoms with Crippen molar-refractivity contribution in [2.45, 2.75) is 51.6 Å². The van der Waals surface area contributed by atoms with Gasteiger partial charge in [-0.15, -0.1) is 0 Å². The molecule has 1 heterocycles. The molecule has 2 fully saturated rings. The van der Waals surface area contributed by atoms with Crippen LogP contribution in [-0.2, 0) is 4.79 Å². The quantitative estimate of drug-likeness (QED) is 0.890. The summed E-state index contributed by atoms with van der Waals surface area (Å²) in [6.07, 6.45) is 3.99. The minimum atomic E-state index is -0.815. The predicted molar refractivity (Wildman–Crippen MR) is 89.4 cm³/mol. The molecule has 0 radical (unpaired) electrons. The normalized spacial score (nSPS) is 25.6. The molecule has 1 saturated carbocycles. The van der Waals surface area contributed by atoms with Gasteiger partial charge in [0.1, 0.15) is 0 Å². The van der Waals surface area contributed by atoms with Gasteiger partial charge in [-0.25, -0.2) is 8.78 Å². The number of nitrogens with one attached hydrogen (secondary N) is 1. The molecule has 1 saturated heterocycles. The first-order chi connectivity index (χ1) is 11.5. The Morgan fingerprint density at radius 1 is 1.29 bits per heavy atom. The van der Waals surface area contributed by atoms with Gasteiger partial charge in [0.25, 0.3) is 0 Å². The van der Waals surface area contributed by atoms with Gasteiger partial charge >= 0.3 is 0 Å². The number of rotatable bonds is 5. The van der Waals surface area contributed by atoms with E-state index in [-0.39, 0.29) is 12.0 Å². The number of carbonyl (C=O) groups is 1. The zero-order valence-corrected chi connectivity index (χ0v) is 14.4. The Bertz CT molecular complexity index is 603. The summed E-state index contributed by atoms with van der Waals surface area (Å²) in [5, 5.41) is 3.56. The van der Waals surface area contributed by atoms with Crippen LogP contribution in [0.5, 0.6) is 0 Å². The van der Waals surface area contributed by atoms with E-state index in [9.17, 15) is 13.6 Å². The molecule has 0 unspecified atom stereocenters. The highest BCUT2D eigenvalue weighted by Gasteiger charge is 2.37. The van der Waals surface area contributed by atoms with Crippen molar-refractivity contribution >= 4 is 5.91 Å². The smallest absolute Gasteiger partial charge is 0.225 e. The SMILES string of the molecule is CC[C@@H]1CN(C(=O)C2CC2)CC[C@@H]1N[C@@H](C)c1ccc(F)c(F)c1. The summed E-state index contributed by atoms with van der Waals surface area (Å²) in [5.74, 6) is -0.634. The van der Waals surface area contributed by atoms with E-state index >= 15 is 0 Å². The third-order valence-corrected chi connectivity index (χ3v) is 5.40. The molecule has 0 bridgehead atoms. The van der Waals surface area contributed by atoms with Crippen LogP contribution < -0.4 is 5.32 Å². The second-order valence-electron chi connectivity index (χ2n) is 7.18. The van der Waals surface area contributed by atoms with Crippen molar-refractivity contribution in [1.82, 2.24) is 10.2 Å². The van der Waals surface area contributed by atoms with Crippen molar-refractivity contribution in [2.24, 2.45) is 11.8 Å². The highest BCUT2D eigenvalue weighted by Crippen LogP contribution is 2.33. The Kier molecular flexibility index (Phi) is 5.18. The standard InChI is InChI=1S/C19H26F2N2O/c1-3-13-11-23(19(24)14-4-5-14)9-8-18(13)22-12(2)15-6-7-16(20)17(21)10-15/h6-7,10,12-14,18,22H,3-5,8-9,11H2,1-2H3/t12-,13+,18-/m0/s1. The van der Waals surface area contributed by atoms with Gasteiger partial charge in [0.15, 0.2) is 11.6 Å². The van der Waals surface area contributed by atoms with Gasteiger partial charge in [0.2, 0.25) is 5.91 Å². The molecule has 0 spiro atoms. The van der Waals surface area contributed by atoms with Gasteiger partial charge in [0.05, 0.1) is 0 Å². The maximum atomic E-state index is 13.4. The molecule has 3 atom stereocenters.